The molecule has 1 aliphatic heterocycles. The highest BCUT2D eigenvalue weighted by atomic mass is 79.9. The van der Waals surface area contributed by atoms with Crippen molar-refractivity contribution in [2.45, 2.75) is 6.42 Å². The van der Waals surface area contributed by atoms with Gasteiger partial charge in [-0.05, 0) is 0 Å². The Labute approximate surface area is 104 Å². The van der Waals surface area contributed by atoms with E-state index in [2.05, 4.69) is 28.2 Å². The molecule has 0 aromatic carbocycles. The average Bonchev–Trinajstić information content (AvgIpc) is 1.92. The minimum atomic E-state index is 0. The lowest BCUT2D eigenvalue weighted by Crippen LogP contribution is -3.00. The molecule has 0 unspecified atom stereocenters. The molecular formula is C9H22Br2N2. The van der Waals surface area contributed by atoms with Crippen molar-refractivity contribution in [1.82, 2.24) is 0 Å². The summed E-state index contributed by atoms with van der Waals surface area (Å²) < 4.78 is 2.42. The third-order valence-corrected chi connectivity index (χ3v) is 2.84. The Morgan fingerprint density at radius 1 is 0.615 bits per heavy atom. The van der Waals surface area contributed by atoms with Crippen LogP contribution in [0.3, 0.4) is 0 Å². The number of hydrogen-bond donors (Lipinski definition) is 0. The summed E-state index contributed by atoms with van der Waals surface area (Å²) in [6.45, 7) is 5.35. The zero-order valence-corrected chi connectivity index (χ0v) is 12.4. The summed E-state index contributed by atoms with van der Waals surface area (Å²) in [5.74, 6) is 0. The fourth-order valence-corrected chi connectivity index (χ4v) is 1.69. The first-order chi connectivity index (χ1) is 4.91. The van der Waals surface area contributed by atoms with Crippen LogP contribution in [0.4, 0.5) is 0 Å². The molecule has 0 bridgehead atoms. The van der Waals surface area contributed by atoms with Crippen LogP contribution in [-0.4, -0.2) is 63.3 Å². The van der Waals surface area contributed by atoms with E-state index in [0.717, 1.165) is 0 Å². The summed E-state index contributed by atoms with van der Waals surface area (Å²) in [6.07, 6.45) is 1.38. The highest BCUT2D eigenvalue weighted by Gasteiger charge is 2.27. The van der Waals surface area contributed by atoms with Gasteiger partial charge in [-0.2, -0.15) is 0 Å². The van der Waals surface area contributed by atoms with Crippen LogP contribution >= 0.6 is 0 Å². The largest absolute Gasteiger partial charge is 1.00 e. The Morgan fingerprint density at radius 2 is 0.923 bits per heavy atom. The van der Waals surface area contributed by atoms with Crippen molar-refractivity contribution in [1.29, 1.82) is 0 Å². The summed E-state index contributed by atoms with van der Waals surface area (Å²) in [7, 11) is 9.35. The summed E-state index contributed by atoms with van der Waals surface area (Å²) >= 11 is 0. The Morgan fingerprint density at radius 3 is 1.23 bits per heavy atom. The summed E-state index contributed by atoms with van der Waals surface area (Å²) in [6, 6.07) is 0. The maximum atomic E-state index is 2.34. The SMILES string of the molecule is C[N+]1(C)CCC[N+](C)(C)CC1.[Br-].[Br-]. The van der Waals surface area contributed by atoms with Gasteiger partial charge in [-0.15, -0.1) is 0 Å². The number of hydrogen-bond acceptors (Lipinski definition) is 0. The van der Waals surface area contributed by atoms with E-state index in [1.54, 1.807) is 0 Å². The molecule has 0 aromatic rings. The second kappa shape index (κ2) is 5.69. The molecule has 0 saturated carbocycles. The zero-order chi connectivity index (χ0) is 8.54. The Balaban J connectivity index is 0. The van der Waals surface area contributed by atoms with Crippen LogP contribution in [0.1, 0.15) is 6.42 Å². The molecule has 4 heteroatoms. The van der Waals surface area contributed by atoms with Crippen LogP contribution < -0.4 is 34.0 Å². The summed E-state index contributed by atoms with van der Waals surface area (Å²) in [5.41, 5.74) is 0. The third kappa shape index (κ3) is 6.05. The molecule has 0 aromatic heterocycles. The van der Waals surface area contributed by atoms with Gasteiger partial charge in [0.2, 0.25) is 0 Å². The molecule has 2 nitrogen and oxygen atoms in total. The minimum Gasteiger partial charge on any atom is -1.00 e. The van der Waals surface area contributed by atoms with E-state index in [-0.39, 0.29) is 34.0 Å². The van der Waals surface area contributed by atoms with Crippen LogP contribution in [0, 0.1) is 0 Å². The second-order valence-electron chi connectivity index (χ2n) is 5.12. The van der Waals surface area contributed by atoms with Gasteiger partial charge in [0.15, 0.2) is 0 Å². The van der Waals surface area contributed by atoms with Crippen LogP contribution in [0.25, 0.3) is 0 Å². The Hall–Kier alpha value is 0.880. The van der Waals surface area contributed by atoms with Crippen molar-refractivity contribution in [3.05, 3.63) is 0 Å². The second-order valence-corrected chi connectivity index (χ2v) is 5.12. The number of nitrogens with zero attached hydrogens (tertiary/aromatic N) is 2. The fourth-order valence-electron chi connectivity index (χ4n) is 1.69. The fraction of sp³-hybridized carbons (Fsp3) is 1.00. The molecule has 0 spiro atoms. The van der Waals surface area contributed by atoms with Gasteiger partial charge in [0.05, 0.1) is 41.3 Å². The topological polar surface area (TPSA) is 0 Å². The van der Waals surface area contributed by atoms with Gasteiger partial charge >= 0.3 is 0 Å². The molecule has 1 heterocycles. The first kappa shape index (κ1) is 16.3. The average molecular weight is 318 g/mol. The Kier molecular flexibility index (Phi) is 7.14. The van der Waals surface area contributed by atoms with Crippen LogP contribution in [0.2, 0.25) is 0 Å². The van der Waals surface area contributed by atoms with E-state index in [9.17, 15) is 0 Å². The molecule has 0 N–H and O–H groups in total. The monoisotopic (exact) mass is 316 g/mol. The standard InChI is InChI=1S/C9H22N2.2BrH/c1-10(2)6-5-7-11(3,4)9-8-10;;/h5-9H2,1-4H3;2*1H/q+2;;/p-2. The number of halogens is 2. The molecule has 1 saturated heterocycles. The number of quaternary nitrogens is 2. The van der Waals surface area contributed by atoms with Crippen molar-refractivity contribution < 1.29 is 42.9 Å². The van der Waals surface area contributed by atoms with Gasteiger partial charge in [0.25, 0.3) is 0 Å². The smallest absolute Gasteiger partial charge is 0.128 e. The summed E-state index contributed by atoms with van der Waals surface area (Å²) in [4.78, 5) is 0. The molecule has 0 amide bonds. The molecule has 1 aliphatic rings. The highest BCUT2D eigenvalue weighted by molar-refractivity contribution is 4.45. The van der Waals surface area contributed by atoms with Gasteiger partial charge in [-0.25, -0.2) is 0 Å². The lowest BCUT2D eigenvalue weighted by molar-refractivity contribution is -0.927. The predicted molar refractivity (Wildman–Crippen MR) is 48.3 cm³/mol. The third-order valence-electron chi connectivity index (χ3n) is 2.84. The maximum Gasteiger partial charge on any atom is 0.128 e. The van der Waals surface area contributed by atoms with Gasteiger partial charge in [-0.1, -0.05) is 0 Å². The molecule has 82 valence electrons. The van der Waals surface area contributed by atoms with Gasteiger partial charge < -0.3 is 42.9 Å². The molecule has 13 heavy (non-hydrogen) atoms. The van der Waals surface area contributed by atoms with Crippen molar-refractivity contribution in [3.63, 3.8) is 0 Å². The van der Waals surface area contributed by atoms with Crippen molar-refractivity contribution in [2.75, 3.05) is 54.4 Å². The first-order valence-electron chi connectivity index (χ1n) is 4.55. The molecule has 0 radical (unpaired) electrons. The van der Waals surface area contributed by atoms with E-state index in [0.29, 0.717) is 0 Å². The quantitative estimate of drug-likeness (QED) is 0.391. The molecule has 1 rings (SSSR count). The molecule has 0 atom stereocenters. The first-order valence-corrected chi connectivity index (χ1v) is 4.55. The van der Waals surface area contributed by atoms with Crippen LogP contribution in [0.15, 0.2) is 0 Å². The number of rotatable bonds is 0. The van der Waals surface area contributed by atoms with E-state index >= 15 is 0 Å². The van der Waals surface area contributed by atoms with Gasteiger partial charge in [0.1, 0.15) is 13.1 Å². The molecule has 1 fully saturated rings. The van der Waals surface area contributed by atoms with Gasteiger partial charge in [0, 0.05) is 6.42 Å². The van der Waals surface area contributed by atoms with Crippen LogP contribution in [-0.2, 0) is 0 Å². The van der Waals surface area contributed by atoms with Gasteiger partial charge in [-0.3, -0.25) is 0 Å². The van der Waals surface area contributed by atoms with E-state index in [4.69, 9.17) is 0 Å². The Bertz CT molecular complexity index is 131. The summed E-state index contributed by atoms with van der Waals surface area (Å²) in [5, 5.41) is 0. The normalized spacial score (nSPS) is 24.9. The lowest BCUT2D eigenvalue weighted by Gasteiger charge is -2.29. The lowest BCUT2D eigenvalue weighted by atomic mass is 10.3. The molecule has 0 aliphatic carbocycles. The van der Waals surface area contributed by atoms with Crippen molar-refractivity contribution >= 4 is 0 Å². The minimum absolute atomic E-state index is 0. The van der Waals surface area contributed by atoms with Crippen molar-refractivity contribution in [3.8, 4) is 0 Å². The highest BCUT2D eigenvalue weighted by Crippen LogP contribution is 2.10. The predicted octanol–water partition coefficient (Wildman–Crippen LogP) is -5.45. The maximum absolute atomic E-state index is 2.34. The molecular weight excluding hydrogens is 296 g/mol. The van der Waals surface area contributed by atoms with Crippen LogP contribution in [0.5, 0.6) is 0 Å². The van der Waals surface area contributed by atoms with E-state index in [1.807, 2.05) is 0 Å². The zero-order valence-electron chi connectivity index (χ0n) is 9.19. The number of likely N-dealkylation sites (N-methyl/N-ethyl adjacent to an activating group) is 2. The van der Waals surface area contributed by atoms with Crippen molar-refractivity contribution in [2.24, 2.45) is 0 Å². The van der Waals surface area contributed by atoms with E-state index < -0.39 is 0 Å². The van der Waals surface area contributed by atoms with E-state index in [1.165, 1.54) is 41.6 Å².